The highest BCUT2D eigenvalue weighted by Gasteiger charge is 2.17. The molecule has 1 amide bonds. The second-order valence-electron chi connectivity index (χ2n) is 7.01. The first kappa shape index (κ1) is 21.9. The lowest BCUT2D eigenvalue weighted by Crippen LogP contribution is -2.33. The smallest absolute Gasteiger partial charge is 0.261 e. The standard InChI is InChI=1S/C23H23ClN2O3S/c1-17(12-13-18-8-4-2-5-9-18)25-23(27)21-16-19(14-15-22(21)24)26-30(28,29)20-10-6-3-7-11-20/h2-11,14-17,26H,12-13H2,1H3,(H,25,27)/t17-/m0/s1. The number of aryl methyl sites for hydroxylation is 1. The van der Waals surface area contributed by atoms with Gasteiger partial charge in [0.25, 0.3) is 15.9 Å². The second kappa shape index (κ2) is 9.78. The number of carbonyl (C=O) groups excluding carboxylic acids is 1. The molecule has 0 saturated carbocycles. The lowest BCUT2D eigenvalue weighted by molar-refractivity contribution is 0.0938. The van der Waals surface area contributed by atoms with Crippen molar-refractivity contribution in [2.75, 3.05) is 4.72 Å². The van der Waals surface area contributed by atoms with Gasteiger partial charge >= 0.3 is 0 Å². The molecule has 3 aromatic carbocycles. The van der Waals surface area contributed by atoms with E-state index in [2.05, 4.69) is 10.0 Å². The highest BCUT2D eigenvalue weighted by Crippen LogP contribution is 2.23. The van der Waals surface area contributed by atoms with Gasteiger partial charge in [-0.05, 0) is 55.7 Å². The zero-order valence-corrected chi connectivity index (χ0v) is 18.1. The quantitative estimate of drug-likeness (QED) is 0.521. The van der Waals surface area contributed by atoms with Gasteiger partial charge in [0.05, 0.1) is 15.5 Å². The van der Waals surface area contributed by atoms with E-state index in [1.165, 1.54) is 35.9 Å². The molecule has 5 nitrogen and oxygen atoms in total. The Bertz CT molecular complexity index is 1100. The Labute approximate surface area is 182 Å². The highest BCUT2D eigenvalue weighted by atomic mass is 35.5. The van der Waals surface area contributed by atoms with Crippen molar-refractivity contribution in [1.82, 2.24) is 5.32 Å². The number of nitrogens with one attached hydrogen (secondary N) is 2. The summed E-state index contributed by atoms with van der Waals surface area (Å²) in [5.41, 5.74) is 1.69. The zero-order chi connectivity index (χ0) is 21.6. The normalized spacial score (nSPS) is 12.2. The number of carbonyl (C=O) groups is 1. The number of hydrogen-bond acceptors (Lipinski definition) is 3. The highest BCUT2D eigenvalue weighted by molar-refractivity contribution is 7.92. The van der Waals surface area contributed by atoms with Crippen molar-refractivity contribution in [3.05, 3.63) is 95.0 Å². The number of rotatable bonds is 8. The van der Waals surface area contributed by atoms with Gasteiger partial charge in [-0.15, -0.1) is 0 Å². The predicted octanol–water partition coefficient (Wildman–Crippen LogP) is 4.89. The SMILES string of the molecule is C[C@@H](CCc1ccccc1)NC(=O)c1cc(NS(=O)(=O)c2ccccc2)ccc1Cl. The van der Waals surface area contributed by atoms with E-state index in [0.717, 1.165) is 12.8 Å². The summed E-state index contributed by atoms with van der Waals surface area (Å²) in [5, 5.41) is 3.18. The molecule has 0 fully saturated rings. The summed E-state index contributed by atoms with van der Waals surface area (Å²) in [5.74, 6) is -0.346. The molecule has 0 heterocycles. The Morgan fingerprint density at radius 3 is 2.27 bits per heavy atom. The van der Waals surface area contributed by atoms with Crippen LogP contribution in [-0.4, -0.2) is 20.4 Å². The molecule has 0 aromatic heterocycles. The molecule has 0 spiro atoms. The van der Waals surface area contributed by atoms with E-state index in [1.807, 2.05) is 37.3 Å². The summed E-state index contributed by atoms with van der Waals surface area (Å²) >= 11 is 6.20. The van der Waals surface area contributed by atoms with Crippen LogP contribution in [0, 0.1) is 0 Å². The van der Waals surface area contributed by atoms with Crippen molar-refractivity contribution in [2.24, 2.45) is 0 Å². The molecule has 0 aliphatic carbocycles. The topological polar surface area (TPSA) is 75.3 Å². The lowest BCUT2D eigenvalue weighted by atomic mass is 10.1. The molecule has 0 radical (unpaired) electrons. The van der Waals surface area contributed by atoms with Gasteiger partial charge in [0.2, 0.25) is 0 Å². The number of amides is 1. The first-order valence-corrected chi connectivity index (χ1v) is 11.4. The van der Waals surface area contributed by atoms with Crippen molar-refractivity contribution in [1.29, 1.82) is 0 Å². The summed E-state index contributed by atoms with van der Waals surface area (Å²) in [6.45, 7) is 1.93. The Kier molecular flexibility index (Phi) is 7.13. The van der Waals surface area contributed by atoms with Crippen molar-refractivity contribution < 1.29 is 13.2 Å². The van der Waals surface area contributed by atoms with Gasteiger partial charge in [0, 0.05) is 11.7 Å². The minimum atomic E-state index is -3.76. The summed E-state index contributed by atoms with van der Waals surface area (Å²) in [6.07, 6.45) is 1.61. The van der Waals surface area contributed by atoms with Gasteiger partial charge < -0.3 is 5.32 Å². The molecule has 0 bridgehead atoms. The van der Waals surface area contributed by atoms with Crippen LogP contribution in [0.2, 0.25) is 5.02 Å². The molecular weight excluding hydrogens is 420 g/mol. The third kappa shape index (κ3) is 5.84. The first-order valence-electron chi connectivity index (χ1n) is 9.57. The van der Waals surface area contributed by atoms with E-state index in [4.69, 9.17) is 11.6 Å². The number of anilines is 1. The molecule has 2 N–H and O–H groups in total. The van der Waals surface area contributed by atoms with Crippen LogP contribution in [0.25, 0.3) is 0 Å². The van der Waals surface area contributed by atoms with Gasteiger partial charge in [-0.1, -0.05) is 60.1 Å². The lowest BCUT2D eigenvalue weighted by Gasteiger charge is -2.15. The Hall–Kier alpha value is -2.83. The van der Waals surface area contributed by atoms with Crippen molar-refractivity contribution in [2.45, 2.75) is 30.7 Å². The summed E-state index contributed by atoms with van der Waals surface area (Å²) in [4.78, 5) is 12.8. The number of benzene rings is 3. The van der Waals surface area contributed by atoms with Gasteiger partial charge in [-0.2, -0.15) is 0 Å². The number of hydrogen-bond donors (Lipinski definition) is 2. The van der Waals surface area contributed by atoms with E-state index < -0.39 is 10.0 Å². The monoisotopic (exact) mass is 442 g/mol. The number of halogens is 1. The minimum Gasteiger partial charge on any atom is -0.350 e. The maximum atomic E-state index is 12.7. The van der Waals surface area contributed by atoms with E-state index in [1.54, 1.807) is 18.2 Å². The van der Waals surface area contributed by atoms with Crippen LogP contribution < -0.4 is 10.0 Å². The molecule has 3 rings (SSSR count). The van der Waals surface area contributed by atoms with Crippen LogP contribution in [0.15, 0.2) is 83.8 Å². The largest absolute Gasteiger partial charge is 0.350 e. The molecule has 0 aliphatic heterocycles. The number of sulfonamides is 1. The average Bonchev–Trinajstić information content (AvgIpc) is 2.75. The van der Waals surface area contributed by atoms with Crippen molar-refractivity contribution in [3.8, 4) is 0 Å². The van der Waals surface area contributed by atoms with Gasteiger partial charge in [0.1, 0.15) is 0 Å². The molecule has 0 saturated heterocycles. The van der Waals surface area contributed by atoms with Gasteiger partial charge in [-0.3, -0.25) is 9.52 Å². The maximum Gasteiger partial charge on any atom is 0.261 e. The van der Waals surface area contributed by atoms with E-state index in [9.17, 15) is 13.2 Å². The Balaban J connectivity index is 1.67. The average molecular weight is 443 g/mol. The molecule has 1 atom stereocenters. The molecule has 30 heavy (non-hydrogen) atoms. The Morgan fingerprint density at radius 1 is 0.967 bits per heavy atom. The third-order valence-electron chi connectivity index (χ3n) is 4.60. The minimum absolute atomic E-state index is 0.0709. The van der Waals surface area contributed by atoms with Gasteiger partial charge in [0.15, 0.2) is 0 Å². The van der Waals surface area contributed by atoms with E-state index in [-0.39, 0.29) is 33.1 Å². The van der Waals surface area contributed by atoms with Crippen molar-refractivity contribution >= 4 is 33.2 Å². The van der Waals surface area contributed by atoms with E-state index in [0.29, 0.717) is 0 Å². The molecule has 156 valence electrons. The molecule has 7 heteroatoms. The fourth-order valence-electron chi connectivity index (χ4n) is 2.98. The molecule has 0 aliphatic rings. The van der Waals surface area contributed by atoms with Crippen LogP contribution in [0.1, 0.15) is 29.3 Å². The van der Waals surface area contributed by atoms with Crippen LogP contribution in [-0.2, 0) is 16.4 Å². The van der Waals surface area contributed by atoms with Crippen LogP contribution >= 0.6 is 11.6 Å². The maximum absolute atomic E-state index is 12.7. The fourth-order valence-corrected chi connectivity index (χ4v) is 4.25. The predicted molar refractivity (Wildman–Crippen MR) is 120 cm³/mol. The van der Waals surface area contributed by atoms with Crippen molar-refractivity contribution in [3.63, 3.8) is 0 Å². The van der Waals surface area contributed by atoms with E-state index >= 15 is 0 Å². The third-order valence-corrected chi connectivity index (χ3v) is 6.33. The van der Waals surface area contributed by atoms with Gasteiger partial charge in [-0.25, -0.2) is 8.42 Å². The summed E-state index contributed by atoms with van der Waals surface area (Å²) in [6, 6.07) is 22.5. The second-order valence-corrected chi connectivity index (χ2v) is 9.10. The molecular formula is C23H23ClN2O3S. The fraction of sp³-hybridized carbons (Fsp3) is 0.174. The van der Waals surface area contributed by atoms with Crippen LogP contribution in [0.4, 0.5) is 5.69 Å². The molecule has 0 unspecified atom stereocenters. The Morgan fingerprint density at radius 2 is 1.60 bits per heavy atom. The van der Waals surface area contributed by atoms with Crippen LogP contribution in [0.3, 0.4) is 0 Å². The zero-order valence-electron chi connectivity index (χ0n) is 16.5. The van der Waals surface area contributed by atoms with Crippen LogP contribution in [0.5, 0.6) is 0 Å². The molecule has 3 aromatic rings. The first-order chi connectivity index (χ1) is 14.3. The summed E-state index contributed by atoms with van der Waals surface area (Å²) < 4.78 is 27.5. The summed E-state index contributed by atoms with van der Waals surface area (Å²) in [7, 11) is -3.76.